The first kappa shape index (κ1) is 16.9. The highest BCUT2D eigenvalue weighted by molar-refractivity contribution is 5.85. The van der Waals surface area contributed by atoms with Gasteiger partial charge >= 0.3 is 0 Å². The van der Waals surface area contributed by atoms with Gasteiger partial charge in [-0.25, -0.2) is 4.39 Å². The van der Waals surface area contributed by atoms with E-state index < -0.39 is 24.8 Å². The second-order valence-electron chi connectivity index (χ2n) is 7.32. The highest BCUT2D eigenvalue weighted by Crippen LogP contribution is 2.36. The molecule has 0 unspecified atom stereocenters. The van der Waals surface area contributed by atoms with Gasteiger partial charge in [-0.3, -0.25) is 0 Å². The van der Waals surface area contributed by atoms with Crippen molar-refractivity contribution in [3.63, 3.8) is 0 Å². The molecule has 0 aliphatic carbocycles. The topological polar surface area (TPSA) is 39.7 Å². The van der Waals surface area contributed by atoms with Crippen LogP contribution in [-0.2, 0) is 0 Å². The minimum Gasteiger partial charge on any atom is -0.493 e. The average molecular weight is 446 g/mol. The van der Waals surface area contributed by atoms with E-state index >= 15 is 0 Å². The first-order valence-electron chi connectivity index (χ1n) is 11.9. The van der Waals surface area contributed by atoms with Gasteiger partial charge in [-0.2, -0.15) is 0 Å². The van der Waals surface area contributed by atoms with Crippen LogP contribution in [-0.4, -0.2) is 26.4 Å². The number of ether oxygens (including phenoxy) is 3. The summed E-state index contributed by atoms with van der Waals surface area (Å²) in [6, 6.07) is 19.0. The Morgan fingerprint density at radius 2 is 1.68 bits per heavy atom. The first-order chi connectivity index (χ1) is 16.2. The zero-order chi connectivity index (χ0) is 23.9. The Kier molecular flexibility index (Phi) is 5.22. The third kappa shape index (κ3) is 4.78. The van der Waals surface area contributed by atoms with E-state index in [2.05, 4.69) is 5.32 Å². The second kappa shape index (κ2) is 9.58. The van der Waals surface area contributed by atoms with E-state index in [1.54, 1.807) is 30.3 Å². The molecular formula is C25H25ClFNO3. The fourth-order valence-electron chi connectivity index (χ4n) is 3.77. The Morgan fingerprint density at radius 3 is 2.45 bits per heavy atom. The van der Waals surface area contributed by atoms with E-state index in [4.69, 9.17) is 19.7 Å². The van der Waals surface area contributed by atoms with Gasteiger partial charge in [-0.1, -0.05) is 36.4 Å². The Hall–Kier alpha value is -2.76. The minimum absolute atomic E-state index is 0. The predicted molar refractivity (Wildman–Crippen MR) is 121 cm³/mol. The number of fused-ring (bicyclic) bond motifs is 1. The van der Waals surface area contributed by atoms with Gasteiger partial charge in [0.2, 0.25) is 6.79 Å². The number of nitrogens with one attached hydrogen (secondary N) is 1. The molecule has 1 N–H and O–H groups in total. The van der Waals surface area contributed by atoms with Gasteiger partial charge in [0.1, 0.15) is 11.6 Å². The maximum Gasteiger partial charge on any atom is 0.231 e. The highest BCUT2D eigenvalue weighted by Gasteiger charge is 2.27. The van der Waals surface area contributed by atoms with Crippen molar-refractivity contribution in [3.05, 3.63) is 78.1 Å². The molecule has 3 aromatic rings. The quantitative estimate of drug-likeness (QED) is 0.569. The van der Waals surface area contributed by atoms with Crippen LogP contribution in [0.2, 0.25) is 0 Å². The molecule has 5 rings (SSSR count). The normalized spacial score (nSPS) is 24.7. The summed E-state index contributed by atoms with van der Waals surface area (Å²) >= 11 is 0. The standard InChI is InChI=1S/C25H24FNO3.ClH/c26-21-7-5-18(6-8-21)17-1-3-19(4-2-17)23-11-12-27-14-20(23)15-28-22-9-10-24-25(13-22)30-16-29-24;/h1-10,13,20,23,27H,11-12,14-16H2;1H/t20-,23-;/m0./s1/i12D2,14D2;. The summed E-state index contributed by atoms with van der Waals surface area (Å²) in [5.74, 6) is 0.353. The van der Waals surface area contributed by atoms with Gasteiger partial charge in [0.05, 0.1) is 6.61 Å². The largest absolute Gasteiger partial charge is 0.493 e. The molecule has 162 valence electrons. The van der Waals surface area contributed by atoms with Crippen molar-refractivity contribution in [2.75, 3.05) is 26.4 Å². The van der Waals surface area contributed by atoms with Crippen molar-refractivity contribution < 1.29 is 24.1 Å². The molecule has 3 aromatic carbocycles. The fourth-order valence-corrected chi connectivity index (χ4v) is 3.77. The number of hydrogen-bond donors (Lipinski definition) is 1. The van der Waals surface area contributed by atoms with Gasteiger partial charge in [0.25, 0.3) is 0 Å². The average Bonchev–Trinajstić information content (AvgIpc) is 3.25. The molecule has 2 heterocycles. The number of rotatable bonds is 5. The molecule has 0 saturated carbocycles. The summed E-state index contributed by atoms with van der Waals surface area (Å²) in [6.45, 7) is -3.68. The summed E-state index contributed by atoms with van der Waals surface area (Å²) < 4.78 is 63.5. The van der Waals surface area contributed by atoms with Crippen LogP contribution < -0.4 is 19.5 Å². The zero-order valence-electron chi connectivity index (χ0n) is 20.6. The van der Waals surface area contributed by atoms with E-state index in [9.17, 15) is 4.39 Å². The summed E-state index contributed by atoms with van der Waals surface area (Å²) in [5, 5.41) is 2.51. The van der Waals surface area contributed by atoms with Crippen molar-refractivity contribution in [3.8, 4) is 28.4 Å². The maximum absolute atomic E-state index is 13.3. The number of benzene rings is 3. The van der Waals surface area contributed by atoms with E-state index in [0.29, 0.717) is 17.2 Å². The monoisotopic (exact) mass is 445 g/mol. The third-order valence-corrected chi connectivity index (χ3v) is 5.44. The maximum atomic E-state index is 13.3. The molecule has 0 amide bonds. The van der Waals surface area contributed by atoms with E-state index in [1.165, 1.54) is 12.1 Å². The van der Waals surface area contributed by atoms with Gasteiger partial charge in [0, 0.05) is 24.0 Å². The van der Waals surface area contributed by atoms with E-state index in [-0.39, 0.29) is 38.0 Å². The van der Waals surface area contributed by atoms with Crippen molar-refractivity contribution in [1.29, 1.82) is 0 Å². The third-order valence-electron chi connectivity index (χ3n) is 5.44. The summed E-state index contributed by atoms with van der Waals surface area (Å²) in [7, 11) is 0. The molecule has 0 aromatic heterocycles. The SMILES string of the molecule is Cl.[2H]C1([2H])C[C@@H](c2ccc(-c3ccc(F)cc3)cc2)[C@H](COc2ccc3c(c2)OCO3)C([2H])([2H])N1. The van der Waals surface area contributed by atoms with Gasteiger partial charge in [-0.05, 0) is 59.8 Å². The number of piperidine rings is 1. The van der Waals surface area contributed by atoms with Crippen LogP contribution in [0.4, 0.5) is 4.39 Å². The molecule has 1 saturated heterocycles. The number of hydrogen-bond acceptors (Lipinski definition) is 4. The second-order valence-corrected chi connectivity index (χ2v) is 7.32. The zero-order valence-corrected chi connectivity index (χ0v) is 17.5. The summed E-state index contributed by atoms with van der Waals surface area (Å²) in [5.41, 5.74) is 2.59. The molecule has 6 heteroatoms. The molecular weight excluding hydrogens is 417 g/mol. The van der Waals surface area contributed by atoms with Gasteiger partial charge < -0.3 is 19.5 Å². The molecule has 0 radical (unpaired) electrons. The Labute approximate surface area is 193 Å². The number of halogens is 2. The smallest absolute Gasteiger partial charge is 0.231 e. The Bertz CT molecular complexity index is 1180. The van der Waals surface area contributed by atoms with Gasteiger partial charge in [-0.15, -0.1) is 12.4 Å². The summed E-state index contributed by atoms with van der Waals surface area (Å²) in [4.78, 5) is 0. The molecule has 31 heavy (non-hydrogen) atoms. The molecule has 2 aliphatic heterocycles. The fraction of sp³-hybridized carbons (Fsp3) is 0.280. The summed E-state index contributed by atoms with van der Waals surface area (Å²) in [6.07, 6.45) is 0.0948. The van der Waals surface area contributed by atoms with E-state index in [0.717, 1.165) is 16.7 Å². The lowest BCUT2D eigenvalue weighted by Crippen LogP contribution is -2.38. The lowest BCUT2D eigenvalue weighted by Gasteiger charge is -2.32. The van der Waals surface area contributed by atoms with Crippen molar-refractivity contribution in [2.24, 2.45) is 5.92 Å². The molecule has 1 fully saturated rings. The van der Waals surface area contributed by atoms with Crippen LogP contribution in [0.25, 0.3) is 11.1 Å². The molecule has 4 nitrogen and oxygen atoms in total. The highest BCUT2D eigenvalue weighted by atomic mass is 35.5. The lowest BCUT2D eigenvalue weighted by molar-refractivity contribution is 0.173. The van der Waals surface area contributed by atoms with Crippen LogP contribution in [0.1, 0.15) is 23.4 Å². The molecule has 2 atom stereocenters. The predicted octanol–water partition coefficient (Wildman–Crippen LogP) is 5.42. The lowest BCUT2D eigenvalue weighted by atomic mass is 9.81. The molecule has 2 aliphatic rings. The Balaban J connectivity index is 0.00000289. The Morgan fingerprint density at radius 1 is 0.968 bits per heavy atom. The van der Waals surface area contributed by atoms with Crippen LogP contribution in [0.3, 0.4) is 0 Å². The molecule has 0 spiro atoms. The minimum atomic E-state index is -2.00. The van der Waals surface area contributed by atoms with Crippen LogP contribution >= 0.6 is 12.4 Å². The van der Waals surface area contributed by atoms with E-state index in [1.807, 2.05) is 24.3 Å². The van der Waals surface area contributed by atoms with Crippen molar-refractivity contribution >= 4 is 12.4 Å². The van der Waals surface area contributed by atoms with Crippen molar-refractivity contribution in [1.82, 2.24) is 5.32 Å². The van der Waals surface area contributed by atoms with Crippen molar-refractivity contribution in [2.45, 2.75) is 12.3 Å². The van der Waals surface area contributed by atoms with Crippen LogP contribution in [0, 0.1) is 11.7 Å². The van der Waals surface area contributed by atoms with Gasteiger partial charge in [0.15, 0.2) is 11.5 Å². The van der Waals surface area contributed by atoms with Crippen LogP contribution in [0.15, 0.2) is 66.7 Å². The van der Waals surface area contributed by atoms with Crippen LogP contribution in [0.5, 0.6) is 17.2 Å². The first-order valence-corrected chi connectivity index (χ1v) is 9.88. The molecule has 0 bridgehead atoms.